The maximum absolute atomic E-state index is 12.8. The molecule has 0 bridgehead atoms. The number of carbonyl (C=O) groups is 1. The summed E-state index contributed by atoms with van der Waals surface area (Å²) in [6.45, 7) is 12.6. The fourth-order valence-electron chi connectivity index (χ4n) is 2.54. The Kier molecular flexibility index (Phi) is 4.28. The molecule has 22 heavy (non-hydrogen) atoms. The quantitative estimate of drug-likeness (QED) is 0.677. The van der Waals surface area contributed by atoms with Gasteiger partial charge in [0.25, 0.3) is 0 Å². The molecule has 1 radical (unpaired) electrons. The van der Waals surface area contributed by atoms with E-state index >= 15 is 0 Å². The average Bonchev–Trinajstić information content (AvgIpc) is 2.39. The highest BCUT2D eigenvalue weighted by atomic mass is 16.1. The maximum atomic E-state index is 12.8. The Bertz CT molecular complexity index is 620. The summed E-state index contributed by atoms with van der Waals surface area (Å²) in [5.74, 6) is 0.179. The lowest BCUT2D eigenvalue weighted by Gasteiger charge is -2.31. The summed E-state index contributed by atoms with van der Waals surface area (Å²) in [7, 11) is 0. The van der Waals surface area contributed by atoms with E-state index < -0.39 is 0 Å². The average molecular weight is 293 g/mol. The zero-order valence-electron chi connectivity index (χ0n) is 14.4. The topological polar surface area (TPSA) is 17.1 Å². The largest absolute Gasteiger partial charge is 0.289 e. The van der Waals surface area contributed by atoms with E-state index in [-0.39, 0.29) is 16.6 Å². The summed E-state index contributed by atoms with van der Waals surface area (Å²) in [5.41, 5.74) is 3.65. The molecule has 0 amide bonds. The van der Waals surface area contributed by atoms with Crippen molar-refractivity contribution in [1.29, 1.82) is 0 Å². The molecule has 1 aromatic carbocycles. The molecule has 2 rings (SSSR count). The summed E-state index contributed by atoms with van der Waals surface area (Å²) in [5, 5.41) is 0. The summed E-state index contributed by atoms with van der Waals surface area (Å²) in [6.07, 6.45) is 6.19. The molecular formula is C21H25O. The first kappa shape index (κ1) is 16.5. The lowest BCUT2D eigenvalue weighted by atomic mass is 9.72. The van der Waals surface area contributed by atoms with E-state index in [0.717, 1.165) is 22.3 Å². The molecule has 1 aromatic rings. The minimum absolute atomic E-state index is 0.161. The van der Waals surface area contributed by atoms with Gasteiger partial charge in [-0.05, 0) is 46.3 Å². The molecule has 0 N–H and O–H groups in total. The number of ketones is 1. The van der Waals surface area contributed by atoms with E-state index in [1.807, 2.05) is 36.4 Å². The Morgan fingerprint density at radius 3 is 1.73 bits per heavy atom. The van der Waals surface area contributed by atoms with E-state index in [0.29, 0.717) is 0 Å². The maximum Gasteiger partial charge on any atom is 0.186 e. The normalized spacial score (nSPS) is 16.3. The Balaban J connectivity index is 2.56. The van der Waals surface area contributed by atoms with Gasteiger partial charge in [0.1, 0.15) is 0 Å². The second-order valence-electron chi connectivity index (χ2n) is 7.92. The van der Waals surface area contributed by atoms with Crippen molar-refractivity contribution < 1.29 is 4.79 Å². The van der Waals surface area contributed by atoms with Crippen molar-refractivity contribution in [2.75, 3.05) is 0 Å². The van der Waals surface area contributed by atoms with Crippen molar-refractivity contribution in [1.82, 2.24) is 0 Å². The second-order valence-corrected chi connectivity index (χ2v) is 7.92. The van der Waals surface area contributed by atoms with Crippen LogP contribution in [0.5, 0.6) is 0 Å². The summed E-state index contributed by atoms with van der Waals surface area (Å²) in [6, 6.07) is 10.9. The van der Waals surface area contributed by atoms with E-state index in [4.69, 9.17) is 0 Å². The monoisotopic (exact) mass is 293 g/mol. The predicted molar refractivity (Wildman–Crippen MR) is 93.3 cm³/mol. The minimum Gasteiger partial charge on any atom is -0.289 e. The number of carbonyl (C=O) groups excluding carboxylic acids is 1. The minimum atomic E-state index is -0.161. The number of rotatable bonds is 1. The van der Waals surface area contributed by atoms with Crippen molar-refractivity contribution in [3.05, 3.63) is 64.8 Å². The number of Topliss-reactive ketones (excluding diaryl/α,β-unsaturated/α-hetero) is 1. The van der Waals surface area contributed by atoms with Gasteiger partial charge in [-0.1, -0.05) is 65.8 Å². The van der Waals surface area contributed by atoms with E-state index in [1.54, 1.807) is 0 Å². The number of allylic oxidation sites excluding steroid dienone is 5. The van der Waals surface area contributed by atoms with Crippen LogP contribution in [-0.4, -0.2) is 5.78 Å². The SMILES string of the molecule is CC(C)(C)C1=CC(=Cc2cc[c]cc2)C=C(C(C)(C)C)C1=O. The number of hydrogen-bond acceptors (Lipinski definition) is 1. The third-order valence-corrected chi connectivity index (χ3v) is 3.80. The Hall–Kier alpha value is -1.89. The molecule has 1 aliphatic rings. The summed E-state index contributed by atoms with van der Waals surface area (Å²) in [4.78, 5) is 12.8. The molecule has 0 heterocycles. The van der Waals surface area contributed by atoms with Crippen LogP contribution in [-0.2, 0) is 4.79 Å². The lowest BCUT2D eigenvalue weighted by Crippen LogP contribution is -2.27. The predicted octanol–water partition coefficient (Wildman–Crippen LogP) is 5.40. The van der Waals surface area contributed by atoms with Gasteiger partial charge in [0, 0.05) is 11.1 Å². The molecule has 115 valence electrons. The van der Waals surface area contributed by atoms with E-state index in [2.05, 4.69) is 53.7 Å². The van der Waals surface area contributed by atoms with Gasteiger partial charge in [-0.25, -0.2) is 0 Å². The van der Waals surface area contributed by atoms with E-state index in [1.165, 1.54) is 0 Å². The summed E-state index contributed by atoms with van der Waals surface area (Å²) < 4.78 is 0. The molecule has 1 aliphatic carbocycles. The van der Waals surface area contributed by atoms with Gasteiger partial charge in [-0.3, -0.25) is 4.79 Å². The Morgan fingerprint density at radius 1 is 0.864 bits per heavy atom. The van der Waals surface area contributed by atoms with Crippen molar-refractivity contribution >= 4 is 11.9 Å². The van der Waals surface area contributed by atoms with Gasteiger partial charge in [0.05, 0.1) is 0 Å². The highest BCUT2D eigenvalue weighted by molar-refractivity contribution is 6.12. The van der Waals surface area contributed by atoms with Gasteiger partial charge in [-0.15, -0.1) is 0 Å². The van der Waals surface area contributed by atoms with Crippen LogP contribution in [0.25, 0.3) is 6.08 Å². The van der Waals surface area contributed by atoms with Gasteiger partial charge >= 0.3 is 0 Å². The van der Waals surface area contributed by atoms with E-state index in [9.17, 15) is 4.79 Å². The molecule has 0 aliphatic heterocycles. The first-order valence-electron chi connectivity index (χ1n) is 7.76. The van der Waals surface area contributed by atoms with Crippen LogP contribution in [0, 0.1) is 16.9 Å². The van der Waals surface area contributed by atoms with Gasteiger partial charge in [0.2, 0.25) is 0 Å². The Morgan fingerprint density at radius 2 is 1.32 bits per heavy atom. The fraction of sp³-hybridized carbons (Fsp3) is 0.381. The van der Waals surface area contributed by atoms with Gasteiger partial charge in [0.15, 0.2) is 5.78 Å². The van der Waals surface area contributed by atoms with Crippen LogP contribution in [0.2, 0.25) is 0 Å². The molecular weight excluding hydrogens is 268 g/mol. The first-order chi connectivity index (χ1) is 10.1. The second kappa shape index (κ2) is 5.72. The zero-order valence-corrected chi connectivity index (χ0v) is 14.4. The molecule has 1 heteroatoms. The van der Waals surface area contributed by atoms with Crippen LogP contribution in [0.1, 0.15) is 47.1 Å². The highest BCUT2D eigenvalue weighted by Crippen LogP contribution is 2.39. The number of benzene rings is 1. The van der Waals surface area contributed by atoms with Crippen LogP contribution in [0.4, 0.5) is 0 Å². The third kappa shape index (κ3) is 3.65. The van der Waals surface area contributed by atoms with Crippen molar-refractivity contribution in [2.45, 2.75) is 41.5 Å². The van der Waals surface area contributed by atoms with Crippen molar-refractivity contribution in [2.24, 2.45) is 10.8 Å². The Labute approximate surface area is 134 Å². The zero-order chi connectivity index (χ0) is 16.5. The smallest absolute Gasteiger partial charge is 0.186 e. The molecule has 1 nitrogen and oxygen atoms in total. The van der Waals surface area contributed by atoms with Crippen LogP contribution in [0.3, 0.4) is 0 Å². The molecule has 0 spiro atoms. The number of hydrogen-bond donors (Lipinski definition) is 0. The van der Waals surface area contributed by atoms with Crippen LogP contribution >= 0.6 is 0 Å². The lowest BCUT2D eigenvalue weighted by molar-refractivity contribution is -0.114. The third-order valence-electron chi connectivity index (χ3n) is 3.80. The van der Waals surface area contributed by atoms with Crippen molar-refractivity contribution in [3.63, 3.8) is 0 Å². The van der Waals surface area contributed by atoms with Gasteiger partial charge < -0.3 is 0 Å². The first-order valence-corrected chi connectivity index (χ1v) is 7.76. The molecule has 0 saturated heterocycles. The molecule has 0 fully saturated rings. The fourth-order valence-corrected chi connectivity index (χ4v) is 2.54. The van der Waals surface area contributed by atoms with Crippen LogP contribution in [0.15, 0.2) is 53.1 Å². The molecule has 0 aromatic heterocycles. The molecule has 0 unspecified atom stereocenters. The summed E-state index contributed by atoms with van der Waals surface area (Å²) >= 11 is 0. The standard InChI is InChI=1S/C21H25O/c1-20(2,3)17-13-16(12-15-10-8-7-9-11-15)14-18(19(17)22)21(4,5)6/h8-14H,1-6H3. The van der Waals surface area contributed by atoms with Gasteiger partial charge in [-0.2, -0.15) is 0 Å². The van der Waals surface area contributed by atoms with Crippen LogP contribution < -0.4 is 0 Å². The molecule has 0 saturated carbocycles. The highest BCUT2D eigenvalue weighted by Gasteiger charge is 2.33. The molecule has 0 atom stereocenters. The van der Waals surface area contributed by atoms with Crippen molar-refractivity contribution in [3.8, 4) is 0 Å².